The first-order valence-corrected chi connectivity index (χ1v) is 5.71. The molecule has 0 saturated carbocycles. The van der Waals surface area contributed by atoms with Gasteiger partial charge >= 0.3 is 0 Å². The molecule has 0 aliphatic rings. The number of hydrogen-bond donors (Lipinski definition) is 2. The molecule has 0 spiro atoms. The van der Waals surface area contributed by atoms with Crippen LogP contribution in [0.15, 0.2) is 24.3 Å². The lowest BCUT2D eigenvalue weighted by Crippen LogP contribution is -2.38. The lowest BCUT2D eigenvalue weighted by atomic mass is 10.0. The second-order valence-corrected chi connectivity index (χ2v) is 4.08. The normalized spacial score (nSPS) is 12.1. The highest BCUT2D eigenvalue weighted by molar-refractivity contribution is 5.99. The van der Waals surface area contributed by atoms with Crippen LogP contribution >= 0.6 is 0 Å². The van der Waals surface area contributed by atoms with Gasteiger partial charge in [0.05, 0.1) is 6.04 Å². The fourth-order valence-corrected chi connectivity index (χ4v) is 1.56. The van der Waals surface area contributed by atoms with Gasteiger partial charge in [0, 0.05) is 12.0 Å². The summed E-state index contributed by atoms with van der Waals surface area (Å²) in [5, 5.41) is 0. The van der Waals surface area contributed by atoms with Crippen molar-refractivity contribution in [1.82, 2.24) is 0 Å². The van der Waals surface area contributed by atoms with Crippen LogP contribution in [0.4, 0.5) is 0 Å². The van der Waals surface area contributed by atoms with Gasteiger partial charge in [0.15, 0.2) is 5.78 Å². The third kappa shape index (κ3) is 4.00. The van der Waals surface area contributed by atoms with Crippen molar-refractivity contribution in [3.05, 3.63) is 35.4 Å². The quantitative estimate of drug-likeness (QED) is 0.720. The van der Waals surface area contributed by atoms with Crippen LogP contribution in [-0.2, 0) is 11.2 Å². The van der Waals surface area contributed by atoms with Gasteiger partial charge in [-0.25, -0.2) is 0 Å². The van der Waals surface area contributed by atoms with Gasteiger partial charge in [0.25, 0.3) is 0 Å². The first kappa shape index (κ1) is 13.4. The van der Waals surface area contributed by atoms with Crippen LogP contribution in [0, 0.1) is 0 Å². The van der Waals surface area contributed by atoms with E-state index in [0.717, 1.165) is 12.8 Å². The Hall–Kier alpha value is -1.68. The van der Waals surface area contributed by atoms with Gasteiger partial charge < -0.3 is 11.5 Å². The number of benzene rings is 1. The average molecular weight is 234 g/mol. The molecule has 0 aliphatic heterocycles. The average Bonchev–Trinajstić information content (AvgIpc) is 2.30. The van der Waals surface area contributed by atoms with Crippen LogP contribution < -0.4 is 11.5 Å². The van der Waals surface area contributed by atoms with E-state index >= 15 is 0 Å². The van der Waals surface area contributed by atoms with E-state index in [-0.39, 0.29) is 12.2 Å². The third-order valence-electron chi connectivity index (χ3n) is 2.59. The number of Topliss-reactive ketones (excluding diaryl/α,β-unsaturated/α-hetero) is 1. The first-order valence-electron chi connectivity index (χ1n) is 5.71. The summed E-state index contributed by atoms with van der Waals surface area (Å²) in [7, 11) is 0. The van der Waals surface area contributed by atoms with E-state index in [4.69, 9.17) is 11.5 Å². The van der Waals surface area contributed by atoms with Crippen LogP contribution in [0.25, 0.3) is 0 Å². The highest BCUT2D eigenvalue weighted by Crippen LogP contribution is 2.09. The zero-order valence-electron chi connectivity index (χ0n) is 9.98. The molecule has 1 amide bonds. The Morgan fingerprint density at radius 1 is 1.24 bits per heavy atom. The Morgan fingerprint density at radius 3 is 2.29 bits per heavy atom. The molecule has 92 valence electrons. The predicted octanol–water partition coefficient (Wildman–Crippen LogP) is 1.02. The molecular formula is C13H18N2O2. The van der Waals surface area contributed by atoms with Crippen molar-refractivity contribution in [3.63, 3.8) is 0 Å². The van der Waals surface area contributed by atoms with Gasteiger partial charge in [-0.05, 0) is 12.0 Å². The monoisotopic (exact) mass is 234 g/mol. The molecule has 0 bridgehead atoms. The van der Waals surface area contributed by atoms with Gasteiger partial charge in [0.1, 0.15) is 0 Å². The number of aryl methyl sites for hydroxylation is 1. The number of carbonyl (C=O) groups excluding carboxylic acids is 2. The van der Waals surface area contributed by atoms with E-state index in [9.17, 15) is 9.59 Å². The minimum Gasteiger partial charge on any atom is -0.368 e. The summed E-state index contributed by atoms with van der Waals surface area (Å²) in [5.41, 5.74) is 12.2. The Morgan fingerprint density at radius 2 is 1.82 bits per heavy atom. The van der Waals surface area contributed by atoms with Gasteiger partial charge in [-0.15, -0.1) is 0 Å². The van der Waals surface area contributed by atoms with Gasteiger partial charge in [-0.3, -0.25) is 9.59 Å². The minimum atomic E-state index is -0.905. The van der Waals surface area contributed by atoms with Crippen molar-refractivity contribution in [3.8, 4) is 0 Å². The molecule has 0 heterocycles. The summed E-state index contributed by atoms with van der Waals surface area (Å²) in [6, 6.07) is 6.47. The van der Waals surface area contributed by atoms with Crippen molar-refractivity contribution in [2.45, 2.75) is 32.2 Å². The van der Waals surface area contributed by atoms with Gasteiger partial charge in [-0.2, -0.15) is 0 Å². The fraction of sp³-hybridized carbons (Fsp3) is 0.385. The second-order valence-electron chi connectivity index (χ2n) is 4.08. The number of ketones is 1. The summed E-state index contributed by atoms with van der Waals surface area (Å²) in [6.45, 7) is 2.10. The summed E-state index contributed by atoms with van der Waals surface area (Å²) in [6.07, 6.45) is 2.03. The highest BCUT2D eigenvalue weighted by Gasteiger charge is 2.15. The number of carbonyl (C=O) groups is 2. The van der Waals surface area contributed by atoms with Crippen LogP contribution in [0.1, 0.15) is 35.7 Å². The molecule has 0 aliphatic carbocycles. The van der Waals surface area contributed by atoms with E-state index in [1.54, 1.807) is 12.1 Å². The number of nitrogens with two attached hydrogens (primary N) is 2. The van der Waals surface area contributed by atoms with E-state index in [1.807, 2.05) is 12.1 Å². The van der Waals surface area contributed by atoms with E-state index in [1.165, 1.54) is 5.56 Å². The van der Waals surface area contributed by atoms with Crippen molar-refractivity contribution in [2.24, 2.45) is 11.5 Å². The highest BCUT2D eigenvalue weighted by atomic mass is 16.1. The summed E-state index contributed by atoms with van der Waals surface area (Å²) >= 11 is 0. The largest absolute Gasteiger partial charge is 0.368 e. The Labute approximate surface area is 101 Å². The fourth-order valence-electron chi connectivity index (χ4n) is 1.56. The van der Waals surface area contributed by atoms with Gasteiger partial charge in [-0.1, -0.05) is 37.6 Å². The summed E-state index contributed by atoms with van der Waals surface area (Å²) in [5.74, 6) is -0.805. The Bertz CT molecular complexity index is 398. The molecule has 17 heavy (non-hydrogen) atoms. The van der Waals surface area contributed by atoms with E-state index in [2.05, 4.69) is 6.92 Å². The molecule has 4 N–H and O–H groups in total. The van der Waals surface area contributed by atoms with Crippen molar-refractivity contribution in [1.29, 1.82) is 0 Å². The molecule has 0 fully saturated rings. The molecule has 4 nitrogen and oxygen atoms in total. The Kier molecular flexibility index (Phi) is 4.84. The summed E-state index contributed by atoms with van der Waals surface area (Å²) < 4.78 is 0. The van der Waals surface area contributed by atoms with Crippen molar-refractivity contribution >= 4 is 11.7 Å². The van der Waals surface area contributed by atoms with Crippen LogP contribution in [0.5, 0.6) is 0 Å². The van der Waals surface area contributed by atoms with E-state index in [0.29, 0.717) is 5.56 Å². The van der Waals surface area contributed by atoms with E-state index < -0.39 is 11.9 Å². The maximum atomic E-state index is 11.7. The molecular weight excluding hydrogens is 216 g/mol. The van der Waals surface area contributed by atoms with Crippen LogP contribution in [0.3, 0.4) is 0 Å². The zero-order valence-corrected chi connectivity index (χ0v) is 9.98. The molecule has 1 aromatic rings. The molecule has 0 saturated heterocycles. The zero-order chi connectivity index (χ0) is 12.8. The second kappa shape index (κ2) is 6.15. The SMILES string of the molecule is CCCc1ccc(C(=O)CC(N)C(N)=O)cc1. The summed E-state index contributed by atoms with van der Waals surface area (Å²) in [4.78, 5) is 22.5. The molecule has 0 radical (unpaired) electrons. The topological polar surface area (TPSA) is 86.2 Å². The number of amides is 1. The maximum Gasteiger partial charge on any atom is 0.234 e. The number of primary amides is 1. The van der Waals surface area contributed by atoms with Gasteiger partial charge in [0.2, 0.25) is 5.91 Å². The molecule has 1 rings (SSSR count). The smallest absolute Gasteiger partial charge is 0.234 e. The van der Waals surface area contributed by atoms with Crippen molar-refractivity contribution < 1.29 is 9.59 Å². The molecule has 0 aromatic heterocycles. The Balaban J connectivity index is 2.66. The molecule has 4 heteroatoms. The molecule has 1 aromatic carbocycles. The number of hydrogen-bond acceptors (Lipinski definition) is 3. The molecule has 1 atom stereocenters. The van der Waals surface area contributed by atoms with Crippen LogP contribution in [-0.4, -0.2) is 17.7 Å². The van der Waals surface area contributed by atoms with Crippen LogP contribution in [0.2, 0.25) is 0 Å². The number of rotatable bonds is 6. The standard InChI is InChI=1S/C13H18N2O2/c1-2-3-9-4-6-10(7-5-9)12(16)8-11(14)13(15)17/h4-7,11H,2-3,8,14H2,1H3,(H2,15,17). The minimum absolute atomic E-state index is 0.0392. The van der Waals surface area contributed by atoms with Crippen molar-refractivity contribution in [2.75, 3.05) is 0 Å². The lowest BCUT2D eigenvalue weighted by Gasteiger charge is -2.07. The predicted molar refractivity (Wildman–Crippen MR) is 66.6 cm³/mol. The third-order valence-corrected chi connectivity index (χ3v) is 2.59. The first-order chi connectivity index (χ1) is 8.04. The maximum absolute atomic E-state index is 11.7. The lowest BCUT2D eigenvalue weighted by molar-refractivity contribution is -0.119. The molecule has 1 unspecified atom stereocenters.